The van der Waals surface area contributed by atoms with Crippen LogP contribution >= 0.6 is 0 Å². The zero-order valence-electron chi connectivity index (χ0n) is 7.16. The molecule has 0 aromatic carbocycles. The molecule has 1 unspecified atom stereocenters. The van der Waals surface area contributed by atoms with Gasteiger partial charge in [0.2, 0.25) is 0 Å². The van der Waals surface area contributed by atoms with E-state index in [0.29, 0.717) is 6.61 Å². The molecule has 0 bridgehead atoms. The Morgan fingerprint density at radius 1 is 1.33 bits per heavy atom. The summed E-state index contributed by atoms with van der Waals surface area (Å²) in [6.45, 7) is 12.6. The Hall–Kier alpha value is -0.643. The summed E-state index contributed by atoms with van der Waals surface area (Å²) in [5, 5.41) is 0. The van der Waals surface area contributed by atoms with Crippen molar-refractivity contribution >= 4 is 8.32 Å². The molecule has 1 aliphatic rings. The summed E-state index contributed by atoms with van der Waals surface area (Å²) in [4.78, 5) is 0. The Balaban J connectivity index is 2.44. The second kappa shape index (κ2) is 3.84. The Morgan fingerprint density at radius 2 is 1.83 bits per heavy atom. The number of hydrogen-bond acceptors (Lipinski definition) is 2. The Kier molecular flexibility index (Phi) is 3.03. The minimum absolute atomic E-state index is 0.289. The van der Waals surface area contributed by atoms with E-state index in [2.05, 4.69) is 19.7 Å². The average molecular weight is 182 g/mol. The first-order valence-corrected chi connectivity index (χ1v) is 6.06. The van der Waals surface area contributed by atoms with Crippen molar-refractivity contribution in [3.8, 4) is 0 Å². The van der Waals surface area contributed by atoms with Crippen LogP contribution in [0.5, 0.6) is 0 Å². The molecule has 0 N–H and O–H groups in total. The molecule has 1 fully saturated rings. The van der Waals surface area contributed by atoms with Gasteiger partial charge in [0.1, 0.15) is 6.10 Å². The first-order valence-electron chi connectivity index (χ1n) is 3.92. The fourth-order valence-corrected chi connectivity index (χ4v) is 2.16. The quantitative estimate of drug-likeness (QED) is 0.459. The van der Waals surface area contributed by atoms with Crippen LogP contribution in [0.25, 0.3) is 0 Å². The monoisotopic (exact) mass is 182 g/mol. The van der Waals surface area contributed by atoms with Gasteiger partial charge >= 0.3 is 0 Å². The largest absolute Gasteiger partial charge is 0.403 e. The van der Waals surface area contributed by atoms with Crippen molar-refractivity contribution in [1.29, 1.82) is 0 Å². The smallest absolute Gasteiger partial charge is 0.264 e. The fraction of sp³-hybridized carbons (Fsp3) is 0.333. The molecule has 1 atom stereocenters. The van der Waals surface area contributed by atoms with Crippen molar-refractivity contribution < 1.29 is 9.16 Å². The van der Waals surface area contributed by atoms with Gasteiger partial charge in [0.05, 0.1) is 13.2 Å². The highest BCUT2D eigenvalue weighted by Crippen LogP contribution is 2.15. The molecule has 2 nitrogen and oxygen atoms in total. The van der Waals surface area contributed by atoms with Crippen LogP contribution in [0.3, 0.4) is 0 Å². The number of epoxide rings is 1. The molecule has 0 aromatic rings. The predicted octanol–water partition coefficient (Wildman–Crippen LogP) is 1.52. The van der Waals surface area contributed by atoms with E-state index in [-0.39, 0.29) is 6.10 Å². The van der Waals surface area contributed by atoms with Gasteiger partial charge in [-0.3, -0.25) is 0 Å². The molecule has 0 amide bonds. The summed E-state index contributed by atoms with van der Waals surface area (Å²) < 4.78 is 10.7. The molecule has 0 spiro atoms. The van der Waals surface area contributed by atoms with Crippen molar-refractivity contribution in [2.45, 2.75) is 6.10 Å². The fourth-order valence-electron chi connectivity index (χ4n) is 0.828. The van der Waals surface area contributed by atoms with Crippen molar-refractivity contribution in [2.75, 3.05) is 13.2 Å². The lowest BCUT2D eigenvalue weighted by molar-refractivity contribution is 0.264. The number of ether oxygens (including phenoxy) is 1. The van der Waals surface area contributed by atoms with Crippen LogP contribution in [0.4, 0.5) is 0 Å². The molecule has 1 rings (SSSR count). The van der Waals surface area contributed by atoms with Gasteiger partial charge in [0, 0.05) is 0 Å². The third-order valence-corrected chi connectivity index (χ3v) is 4.46. The topological polar surface area (TPSA) is 21.8 Å². The second-order valence-corrected chi connectivity index (χ2v) is 5.95. The molecule has 0 saturated carbocycles. The van der Waals surface area contributed by atoms with Gasteiger partial charge in [-0.2, -0.15) is 0 Å². The molecule has 0 aliphatic carbocycles. The summed E-state index contributed by atoms with van der Waals surface area (Å²) in [6, 6.07) is 0. The minimum Gasteiger partial charge on any atom is -0.403 e. The van der Waals surface area contributed by atoms with Crippen LogP contribution in [0.15, 0.2) is 36.8 Å². The van der Waals surface area contributed by atoms with E-state index in [1.54, 1.807) is 0 Å². The van der Waals surface area contributed by atoms with Crippen LogP contribution in [0.2, 0.25) is 0 Å². The van der Waals surface area contributed by atoms with Crippen molar-refractivity contribution in [2.24, 2.45) is 0 Å². The third kappa shape index (κ3) is 2.17. The zero-order chi connectivity index (χ0) is 9.03. The molecule has 1 saturated heterocycles. The highest BCUT2D eigenvalue weighted by Gasteiger charge is 2.29. The third-order valence-electron chi connectivity index (χ3n) is 1.88. The molecule has 0 radical (unpaired) electrons. The lowest BCUT2D eigenvalue weighted by Crippen LogP contribution is -2.33. The van der Waals surface area contributed by atoms with Gasteiger partial charge in [-0.05, 0) is 0 Å². The second-order valence-electron chi connectivity index (χ2n) is 2.73. The van der Waals surface area contributed by atoms with E-state index in [9.17, 15) is 0 Å². The van der Waals surface area contributed by atoms with Crippen molar-refractivity contribution in [3.63, 3.8) is 0 Å². The summed E-state index contributed by atoms with van der Waals surface area (Å²) in [6.07, 6.45) is 0.289. The van der Waals surface area contributed by atoms with Crippen LogP contribution in [0, 0.1) is 0 Å². The highest BCUT2D eigenvalue weighted by molar-refractivity contribution is 6.87. The van der Waals surface area contributed by atoms with Crippen molar-refractivity contribution in [1.82, 2.24) is 0 Å². The normalized spacial score (nSPS) is 21.5. The maximum absolute atomic E-state index is 5.66. The zero-order valence-corrected chi connectivity index (χ0v) is 8.16. The van der Waals surface area contributed by atoms with Gasteiger partial charge in [-0.25, -0.2) is 0 Å². The highest BCUT2D eigenvalue weighted by atomic mass is 28.4. The van der Waals surface area contributed by atoms with Crippen LogP contribution in [0.1, 0.15) is 0 Å². The number of rotatable bonds is 6. The molecule has 1 heterocycles. The van der Waals surface area contributed by atoms with Crippen LogP contribution in [-0.2, 0) is 9.16 Å². The van der Waals surface area contributed by atoms with Gasteiger partial charge in [-0.15, -0.1) is 19.7 Å². The Labute approximate surface area is 74.3 Å². The molecule has 66 valence electrons. The molecular weight excluding hydrogens is 168 g/mol. The first kappa shape index (κ1) is 9.44. The van der Waals surface area contributed by atoms with E-state index < -0.39 is 8.32 Å². The molecule has 12 heavy (non-hydrogen) atoms. The van der Waals surface area contributed by atoms with Crippen molar-refractivity contribution in [3.05, 3.63) is 36.8 Å². The van der Waals surface area contributed by atoms with E-state index in [4.69, 9.17) is 9.16 Å². The summed E-state index contributed by atoms with van der Waals surface area (Å²) in [5.74, 6) is 0. The van der Waals surface area contributed by atoms with Gasteiger partial charge in [0.15, 0.2) is 0 Å². The van der Waals surface area contributed by atoms with Gasteiger partial charge < -0.3 is 9.16 Å². The molecule has 0 aromatic heterocycles. The summed E-state index contributed by atoms with van der Waals surface area (Å²) in [5.41, 5.74) is 5.44. The minimum atomic E-state index is -2.03. The molecular formula is C9H14O2Si. The van der Waals surface area contributed by atoms with Crippen LogP contribution < -0.4 is 0 Å². The number of hydrogen-bond donors (Lipinski definition) is 0. The lowest BCUT2D eigenvalue weighted by atomic mass is 10.5. The predicted molar refractivity (Wildman–Crippen MR) is 52.0 cm³/mol. The average Bonchev–Trinajstić information content (AvgIpc) is 2.92. The molecule has 3 heteroatoms. The Morgan fingerprint density at radius 3 is 2.17 bits per heavy atom. The molecule has 1 aliphatic heterocycles. The first-order chi connectivity index (χ1) is 5.76. The maximum atomic E-state index is 5.66. The van der Waals surface area contributed by atoms with E-state index in [0.717, 1.165) is 6.61 Å². The van der Waals surface area contributed by atoms with Gasteiger partial charge in [0.25, 0.3) is 8.32 Å². The maximum Gasteiger partial charge on any atom is 0.264 e. The Bertz CT molecular complexity index is 175. The SMILES string of the molecule is C=C[Si](C=C)(C=C)OCC1CO1. The van der Waals surface area contributed by atoms with E-state index in [1.807, 2.05) is 17.1 Å². The van der Waals surface area contributed by atoms with Gasteiger partial charge in [-0.1, -0.05) is 17.1 Å². The van der Waals surface area contributed by atoms with Crippen LogP contribution in [-0.4, -0.2) is 27.6 Å². The summed E-state index contributed by atoms with van der Waals surface area (Å²) >= 11 is 0. The van der Waals surface area contributed by atoms with E-state index in [1.165, 1.54) is 0 Å². The lowest BCUT2D eigenvalue weighted by Gasteiger charge is -2.19. The van der Waals surface area contributed by atoms with E-state index >= 15 is 0 Å². The standard InChI is InChI=1S/C9H14O2Si/c1-4-12(5-2,6-3)11-8-9-7-10-9/h4-6,9H,1-3,7-8H2. The summed E-state index contributed by atoms with van der Waals surface area (Å²) in [7, 11) is -2.03.